The number of ether oxygens (including phenoxy) is 1. The van der Waals surface area contributed by atoms with Crippen molar-refractivity contribution >= 4 is 5.91 Å². The third-order valence-electron chi connectivity index (χ3n) is 5.72. The summed E-state index contributed by atoms with van der Waals surface area (Å²) in [6.45, 7) is 1.20. The number of aliphatic hydroxyl groups is 1. The maximum absolute atomic E-state index is 13.2. The summed E-state index contributed by atoms with van der Waals surface area (Å²) in [5.41, 5.74) is -2.22. The summed E-state index contributed by atoms with van der Waals surface area (Å²) in [5.74, 6) is -0.832. The molecule has 0 spiro atoms. The molecule has 1 N–H and O–H groups in total. The maximum atomic E-state index is 13.2. The van der Waals surface area contributed by atoms with Crippen LogP contribution in [-0.2, 0) is 21.9 Å². The molecule has 0 aromatic heterocycles. The SMILES string of the molecule is C[C@@H](O[C@H]1CCN(C(=O)CO)C[C@H]1c1ccccc1)c1cc(C(F)(F)F)cc(C(F)(F)F)c1. The van der Waals surface area contributed by atoms with Crippen LogP contribution in [0.3, 0.4) is 0 Å². The third kappa shape index (κ3) is 6.05. The Morgan fingerprint density at radius 1 is 1.06 bits per heavy atom. The van der Waals surface area contributed by atoms with E-state index in [2.05, 4.69) is 0 Å². The molecule has 1 amide bonds. The summed E-state index contributed by atoms with van der Waals surface area (Å²) in [5, 5.41) is 9.18. The van der Waals surface area contributed by atoms with Gasteiger partial charge in [0.25, 0.3) is 0 Å². The van der Waals surface area contributed by atoms with Gasteiger partial charge in [-0.2, -0.15) is 26.3 Å². The van der Waals surface area contributed by atoms with Crippen LogP contribution in [0.2, 0.25) is 0 Å². The van der Waals surface area contributed by atoms with E-state index < -0.39 is 48.2 Å². The zero-order valence-corrected chi connectivity index (χ0v) is 17.7. The van der Waals surface area contributed by atoms with Crippen LogP contribution in [0.25, 0.3) is 0 Å². The van der Waals surface area contributed by atoms with Gasteiger partial charge >= 0.3 is 12.4 Å². The quantitative estimate of drug-likeness (QED) is 0.607. The Balaban J connectivity index is 1.90. The van der Waals surface area contributed by atoms with Crippen molar-refractivity contribution in [3.8, 4) is 0 Å². The molecule has 33 heavy (non-hydrogen) atoms. The number of piperidine rings is 1. The highest BCUT2D eigenvalue weighted by Gasteiger charge is 2.38. The predicted molar refractivity (Wildman–Crippen MR) is 107 cm³/mol. The molecule has 1 aliphatic heterocycles. The molecule has 180 valence electrons. The summed E-state index contributed by atoms with van der Waals surface area (Å²) in [7, 11) is 0. The Bertz CT molecular complexity index is 929. The second-order valence-electron chi connectivity index (χ2n) is 7.96. The largest absolute Gasteiger partial charge is 0.416 e. The molecule has 1 heterocycles. The van der Waals surface area contributed by atoms with Gasteiger partial charge in [0.15, 0.2) is 0 Å². The fourth-order valence-corrected chi connectivity index (χ4v) is 3.99. The highest BCUT2D eigenvalue weighted by atomic mass is 19.4. The van der Waals surface area contributed by atoms with Crippen LogP contribution in [-0.4, -0.2) is 41.7 Å². The lowest BCUT2D eigenvalue weighted by atomic mass is 9.87. The second kappa shape index (κ2) is 9.72. The number of aliphatic hydroxyl groups excluding tert-OH is 1. The first-order valence-corrected chi connectivity index (χ1v) is 10.3. The Kier molecular flexibility index (Phi) is 7.38. The van der Waals surface area contributed by atoms with Crippen molar-refractivity contribution in [3.05, 3.63) is 70.8 Å². The smallest absolute Gasteiger partial charge is 0.387 e. The molecule has 1 fully saturated rings. The minimum Gasteiger partial charge on any atom is -0.387 e. The van der Waals surface area contributed by atoms with Gasteiger partial charge in [0.2, 0.25) is 5.91 Å². The molecule has 4 nitrogen and oxygen atoms in total. The van der Waals surface area contributed by atoms with Crippen LogP contribution >= 0.6 is 0 Å². The van der Waals surface area contributed by atoms with Gasteiger partial charge in [0.1, 0.15) is 6.61 Å². The standard InChI is InChI=1S/C23H23F6NO3/c1-14(16-9-17(22(24,25)26)11-18(10-16)23(27,28)29)33-20-7-8-30(21(32)13-31)12-19(20)15-5-3-2-4-6-15/h2-6,9-11,14,19-20,31H,7-8,12-13H2,1H3/t14-,19+,20+/m1/s1. The van der Waals surface area contributed by atoms with Crippen molar-refractivity contribution in [1.29, 1.82) is 0 Å². The molecule has 2 aromatic rings. The van der Waals surface area contributed by atoms with E-state index in [4.69, 9.17) is 4.74 Å². The maximum Gasteiger partial charge on any atom is 0.416 e. The Morgan fingerprint density at radius 2 is 1.64 bits per heavy atom. The van der Waals surface area contributed by atoms with Gasteiger partial charge in [-0.05, 0) is 42.7 Å². The van der Waals surface area contributed by atoms with Crippen LogP contribution in [0, 0.1) is 0 Å². The van der Waals surface area contributed by atoms with Crippen LogP contribution in [0.15, 0.2) is 48.5 Å². The Labute approximate surface area is 186 Å². The molecule has 1 aliphatic rings. The first kappa shape index (κ1) is 25.0. The molecular formula is C23H23F6NO3. The van der Waals surface area contributed by atoms with Gasteiger partial charge < -0.3 is 14.7 Å². The minimum atomic E-state index is -4.95. The monoisotopic (exact) mass is 475 g/mol. The number of hydrogen-bond donors (Lipinski definition) is 1. The fraction of sp³-hybridized carbons (Fsp3) is 0.435. The molecule has 0 unspecified atom stereocenters. The molecule has 0 bridgehead atoms. The van der Waals surface area contributed by atoms with E-state index in [1.807, 2.05) is 12.1 Å². The summed E-state index contributed by atoms with van der Waals surface area (Å²) in [4.78, 5) is 13.4. The highest BCUT2D eigenvalue weighted by molar-refractivity contribution is 5.77. The van der Waals surface area contributed by atoms with Gasteiger partial charge in [0, 0.05) is 19.0 Å². The van der Waals surface area contributed by atoms with Gasteiger partial charge in [0.05, 0.1) is 23.3 Å². The van der Waals surface area contributed by atoms with E-state index in [-0.39, 0.29) is 30.6 Å². The number of amides is 1. The summed E-state index contributed by atoms with van der Waals surface area (Å²) < 4.78 is 85.4. The lowest BCUT2D eigenvalue weighted by molar-refractivity contribution is -0.143. The number of nitrogens with zero attached hydrogens (tertiary/aromatic N) is 1. The zero-order chi connectivity index (χ0) is 24.4. The number of carbonyl (C=O) groups excluding carboxylic acids is 1. The van der Waals surface area contributed by atoms with E-state index in [0.29, 0.717) is 18.6 Å². The zero-order valence-electron chi connectivity index (χ0n) is 17.7. The first-order chi connectivity index (χ1) is 15.4. The van der Waals surface area contributed by atoms with Gasteiger partial charge in [-0.15, -0.1) is 0 Å². The van der Waals surface area contributed by atoms with E-state index in [9.17, 15) is 36.2 Å². The van der Waals surface area contributed by atoms with E-state index in [1.165, 1.54) is 11.8 Å². The molecule has 2 aromatic carbocycles. The highest BCUT2D eigenvalue weighted by Crippen LogP contribution is 2.39. The molecule has 1 saturated heterocycles. The van der Waals surface area contributed by atoms with E-state index in [1.54, 1.807) is 18.2 Å². The molecule has 0 saturated carbocycles. The van der Waals surface area contributed by atoms with Gasteiger partial charge in [-0.3, -0.25) is 4.79 Å². The Morgan fingerprint density at radius 3 is 2.15 bits per heavy atom. The number of alkyl halides is 6. The number of halogens is 6. The molecule has 0 radical (unpaired) electrons. The van der Waals surface area contributed by atoms with Crippen molar-refractivity contribution in [2.75, 3.05) is 19.7 Å². The van der Waals surface area contributed by atoms with Crippen molar-refractivity contribution < 1.29 is 41.0 Å². The van der Waals surface area contributed by atoms with E-state index >= 15 is 0 Å². The molecule has 10 heteroatoms. The minimum absolute atomic E-state index is 0.0853. The number of rotatable bonds is 5. The predicted octanol–water partition coefficient (Wildman–Crippen LogP) is 5.18. The molecule has 0 aliphatic carbocycles. The van der Waals surface area contributed by atoms with Crippen molar-refractivity contribution in [1.82, 2.24) is 4.90 Å². The normalized spacial score (nSPS) is 20.5. The topological polar surface area (TPSA) is 49.8 Å². The van der Waals surface area contributed by atoms with Crippen LogP contribution < -0.4 is 0 Å². The number of hydrogen-bond acceptors (Lipinski definition) is 3. The van der Waals surface area contributed by atoms with Crippen molar-refractivity contribution in [3.63, 3.8) is 0 Å². The number of carbonyl (C=O) groups is 1. The Hall–Kier alpha value is -2.59. The average Bonchev–Trinajstić information content (AvgIpc) is 2.77. The van der Waals surface area contributed by atoms with Crippen LogP contribution in [0.4, 0.5) is 26.3 Å². The summed E-state index contributed by atoms with van der Waals surface area (Å²) in [6.07, 6.45) is -11.2. The van der Waals surface area contributed by atoms with Crippen LogP contribution in [0.5, 0.6) is 0 Å². The lowest BCUT2D eigenvalue weighted by Crippen LogP contribution is -2.46. The van der Waals surface area contributed by atoms with E-state index in [0.717, 1.165) is 5.56 Å². The number of benzene rings is 2. The summed E-state index contributed by atoms with van der Waals surface area (Å²) >= 11 is 0. The first-order valence-electron chi connectivity index (χ1n) is 10.3. The number of likely N-dealkylation sites (tertiary alicyclic amines) is 1. The third-order valence-corrected chi connectivity index (χ3v) is 5.72. The summed E-state index contributed by atoms with van der Waals surface area (Å²) in [6, 6.07) is 10.4. The second-order valence-corrected chi connectivity index (χ2v) is 7.96. The van der Waals surface area contributed by atoms with Crippen LogP contribution in [0.1, 0.15) is 47.6 Å². The van der Waals surface area contributed by atoms with Gasteiger partial charge in [-0.1, -0.05) is 30.3 Å². The lowest BCUT2D eigenvalue weighted by Gasteiger charge is -2.39. The molecular weight excluding hydrogens is 452 g/mol. The van der Waals surface area contributed by atoms with Crippen molar-refractivity contribution in [2.45, 2.75) is 43.8 Å². The van der Waals surface area contributed by atoms with Crippen molar-refractivity contribution in [2.24, 2.45) is 0 Å². The molecule has 3 atom stereocenters. The fourth-order valence-electron chi connectivity index (χ4n) is 3.99. The molecule has 3 rings (SSSR count). The van der Waals surface area contributed by atoms with Gasteiger partial charge in [-0.25, -0.2) is 0 Å². The average molecular weight is 475 g/mol.